The summed E-state index contributed by atoms with van der Waals surface area (Å²) in [4.78, 5) is 0. The highest BCUT2D eigenvalue weighted by Crippen LogP contribution is 2.44. The molecule has 0 bridgehead atoms. The predicted molar refractivity (Wildman–Crippen MR) is 107 cm³/mol. The molecule has 138 valence electrons. The molecular weight excluding hydrogens is 304 g/mol. The molecule has 2 aliphatic carbocycles. The highest BCUT2D eigenvalue weighted by molar-refractivity contribution is 5.29. The van der Waals surface area contributed by atoms with Crippen molar-refractivity contribution in [3.05, 3.63) is 42.5 Å². The van der Waals surface area contributed by atoms with E-state index in [1.165, 1.54) is 69.8 Å². The SMILES string of the molecule is C=CCCC1CCC(C2CCC(c3ccc(OCC)cc3)CC2)CC1. The summed E-state index contributed by atoms with van der Waals surface area (Å²) < 4.78 is 5.57. The number of ether oxygens (including phenoxy) is 1. The van der Waals surface area contributed by atoms with Crippen molar-refractivity contribution in [2.45, 2.75) is 77.0 Å². The van der Waals surface area contributed by atoms with Crippen LogP contribution in [0.1, 0.15) is 82.6 Å². The third-order valence-corrected chi connectivity index (χ3v) is 6.77. The van der Waals surface area contributed by atoms with Gasteiger partial charge in [-0.3, -0.25) is 0 Å². The smallest absolute Gasteiger partial charge is 0.119 e. The fourth-order valence-electron chi connectivity index (χ4n) is 5.23. The second-order valence-corrected chi connectivity index (χ2v) is 8.26. The van der Waals surface area contributed by atoms with E-state index in [-0.39, 0.29) is 0 Å². The van der Waals surface area contributed by atoms with Gasteiger partial charge in [-0.1, -0.05) is 31.1 Å². The molecule has 25 heavy (non-hydrogen) atoms. The van der Waals surface area contributed by atoms with Gasteiger partial charge in [-0.15, -0.1) is 6.58 Å². The summed E-state index contributed by atoms with van der Waals surface area (Å²) in [5, 5.41) is 0. The molecule has 0 N–H and O–H groups in total. The minimum Gasteiger partial charge on any atom is -0.494 e. The Kier molecular flexibility index (Phi) is 7.02. The van der Waals surface area contributed by atoms with Crippen LogP contribution < -0.4 is 4.74 Å². The normalized spacial score (nSPS) is 30.0. The van der Waals surface area contributed by atoms with Crippen molar-refractivity contribution in [1.82, 2.24) is 0 Å². The zero-order chi connectivity index (χ0) is 17.5. The van der Waals surface area contributed by atoms with Gasteiger partial charge in [0.15, 0.2) is 0 Å². The summed E-state index contributed by atoms with van der Waals surface area (Å²) >= 11 is 0. The maximum Gasteiger partial charge on any atom is 0.119 e. The van der Waals surface area contributed by atoms with Gasteiger partial charge in [0.05, 0.1) is 6.61 Å². The molecule has 0 amide bonds. The van der Waals surface area contributed by atoms with Gasteiger partial charge in [0.2, 0.25) is 0 Å². The fraction of sp³-hybridized carbons (Fsp3) is 0.667. The first kappa shape index (κ1) is 18.5. The van der Waals surface area contributed by atoms with Crippen molar-refractivity contribution in [2.24, 2.45) is 17.8 Å². The number of hydrogen-bond acceptors (Lipinski definition) is 1. The molecule has 0 radical (unpaired) electrons. The topological polar surface area (TPSA) is 9.23 Å². The summed E-state index contributed by atoms with van der Waals surface area (Å²) in [5.41, 5.74) is 1.52. The lowest BCUT2D eigenvalue weighted by molar-refractivity contribution is 0.157. The molecule has 2 aliphatic rings. The van der Waals surface area contributed by atoms with E-state index in [2.05, 4.69) is 36.9 Å². The summed E-state index contributed by atoms with van der Waals surface area (Å²) in [7, 11) is 0. The number of hydrogen-bond donors (Lipinski definition) is 0. The Balaban J connectivity index is 1.43. The Bertz CT molecular complexity index is 501. The summed E-state index contributed by atoms with van der Waals surface area (Å²) in [6.07, 6.45) is 16.2. The van der Waals surface area contributed by atoms with E-state index in [0.29, 0.717) is 0 Å². The van der Waals surface area contributed by atoms with Crippen LogP contribution in [-0.4, -0.2) is 6.61 Å². The first-order chi connectivity index (χ1) is 12.3. The Morgan fingerprint density at radius 1 is 0.920 bits per heavy atom. The van der Waals surface area contributed by atoms with Crippen molar-refractivity contribution in [3.8, 4) is 5.75 Å². The molecule has 2 saturated carbocycles. The Morgan fingerprint density at radius 3 is 2.08 bits per heavy atom. The Labute approximate surface area is 154 Å². The fourth-order valence-corrected chi connectivity index (χ4v) is 5.23. The van der Waals surface area contributed by atoms with E-state index in [1.807, 2.05) is 6.92 Å². The second-order valence-electron chi connectivity index (χ2n) is 8.26. The molecule has 1 heteroatoms. The standard InChI is InChI=1S/C24H36O/c1-3-5-6-19-7-9-20(10-8-19)21-11-13-22(14-12-21)23-15-17-24(18-16-23)25-4-2/h3,15-22H,1,4-14H2,2H3. The molecule has 0 aliphatic heterocycles. The minimum atomic E-state index is 0.750. The average Bonchev–Trinajstić information content (AvgIpc) is 2.68. The monoisotopic (exact) mass is 340 g/mol. The molecule has 0 aromatic heterocycles. The zero-order valence-electron chi connectivity index (χ0n) is 16.1. The molecular formula is C24H36O. The Hall–Kier alpha value is -1.24. The molecule has 0 saturated heterocycles. The van der Waals surface area contributed by atoms with Gasteiger partial charge in [0, 0.05) is 0 Å². The van der Waals surface area contributed by atoms with Crippen LogP contribution in [0.15, 0.2) is 36.9 Å². The number of rotatable bonds is 7. The van der Waals surface area contributed by atoms with E-state index in [9.17, 15) is 0 Å². The molecule has 2 fully saturated rings. The lowest BCUT2D eigenvalue weighted by atomic mass is 9.68. The van der Waals surface area contributed by atoms with Gasteiger partial charge >= 0.3 is 0 Å². The van der Waals surface area contributed by atoms with Crippen LogP contribution in [0.2, 0.25) is 0 Å². The molecule has 0 atom stereocenters. The van der Waals surface area contributed by atoms with Gasteiger partial charge in [-0.05, 0) is 99.7 Å². The van der Waals surface area contributed by atoms with Gasteiger partial charge < -0.3 is 4.74 Å². The predicted octanol–water partition coefficient (Wildman–Crippen LogP) is 7.13. The highest BCUT2D eigenvalue weighted by atomic mass is 16.5. The minimum absolute atomic E-state index is 0.750. The second kappa shape index (κ2) is 9.46. The molecule has 0 heterocycles. The van der Waals surface area contributed by atoms with Gasteiger partial charge in [-0.25, -0.2) is 0 Å². The molecule has 1 nitrogen and oxygen atoms in total. The van der Waals surface area contributed by atoms with Crippen LogP contribution >= 0.6 is 0 Å². The molecule has 1 aromatic carbocycles. The van der Waals surface area contributed by atoms with Crippen LogP contribution in [0, 0.1) is 17.8 Å². The summed E-state index contributed by atoms with van der Waals surface area (Å²) in [5.74, 6) is 4.78. The third-order valence-electron chi connectivity index (χ3n) is 6.77. The van der Waals surface area contributed by atoms with Crippen LogP contribution in [0.3, 0.4) is 0 Å². The number of allylic oxidation sites excluding steroid dienone is 1. The largest absolute Gasteiger partial charge is 0.494 e. The van der Waals surface area contributed by atoms with Crippen LogP contribution in [0.5, 0.6) is 5.75 Å². The quantitative estimate of drug-likeness (QED) is 0.480. The maximum atomic E-state index is 5.57. The molecule has 0 unspecified atom stereocenters. The zero-order valence-corrected chi connectivity index (χ0v) is 16.1. The molecule has 3 rings (SSSR count). The number of benzene rings is 1. The Morgan fingerprint density at radius 2 is 1.52 bits per heavy atom. The van der Waals surface area contributed by atoms with Crippen molar-refractivity contribution >= 4 is 0 Å². The van der Waals surface area contributed by atoms with Crippen molar-refractivity contribution in [2.75, 3.05) is 6.61 Å². The molecule has 0 spiro atoms. The summed E-state index contributed by atoms with van der Waals surface area (Å²) in [6, 6.07) is 8.88. The van der Waals surface area contributed by atoms with Gasteiger partial charge in [0.25, 0.3) is 0 Å². The van der Waals surface area contributed by atoms with Crippen LogP contribution in [-0.2, 0) is 0 Å². The summed E-state index contributed by atoms with van der Waals surface area (Å²) in [6.45, 7) is 6.67. The van der Waals surface area contributed by atoms with Gasteiger partial charge in [-0.2, -0.15) is 0 Å². The van der Waals surface area contributed by atoms with Crippen LogP contribution in [0.25, 0.3) is 0 Å². The van der Waals surface area contributed by atoms with Crippen molar-refractivity contribution in [3.63, 3.8) is 0 Å². The van der Waals surface area contributed by atoms with E-state index < -0.39 is 0 Å². The lowest BCUT2D eigenvalue weighted by Gasteiger charge is -2.38. The maximum absolute atomic E-state index is 5.57. The average molecular weight is 341 g/mol. The van der Waals surface area contributed by atoms with E-state index in [4.69, 9.17) is 4.74 Å². The first-order valence-electron chi connectivity index (χ1n) is 10.6. The van der Waals surface area contributed by atoms with Crippen LogP contribution in [0.4, 0.5) is 0 Å². The van der Waals surface area contributed by atoms with E-state index in [1.54, 1.807) is 0 Å². The van der Waals surface area contributed by atoms with Crippen molar-refractivity contribution < 1.29 is 4.74 Å². The highest BCUT2D eigenvalue weighted by Gasteiger charge is 2.31. The third kappa shape index (κ3) is 5.12. The molecule has 1 aromatic rings. The van der Waals surface area contributed by atoms with Gasteiger partial charge in [0.1, 0.15) is 5.75 Å². The lowest BCUT2D eigenvalue weighted by Crippen LogP contribution is -2.25. The van der Waals surface area contributed by atoms with E-state index in [0.717, 1.165) is 36.0 Å². The van der Waals surface area contributed by atoms with E-state index >= 15 is 0 Å². The van der Waals surface area contributed by atoms with Crippen molar-refractivity contribution in [1.29, 1.82) is 0 Å². The first-order valence-corrected chi connectivity index (χ1v) is 10.6.